The van der Waals surface area contributed by atoms with Crippen LogP contribution in [0.3, 0.4) is 0 Å². The first-order valence-electron chi connectivity index (χ1n) is 7.38. The Morgan fingerprint density at radius 3 is 2.57 bits per heavy atom. The first-order valence-corrected chi connectivity index (χ1v) is 7.38. The van der Waals surface area contributed by atoms with Crippen LogP contribution >= 0.6 is 0 Å². The summed E-state index contributed by atoms with van der Waals surface area (Å²) >= 11 is 0. The first-order chi connectivity index (χ1) is 10.8. The summed E-state index contributed by atoms with van der Waals surface area (Å²) in [5.41, 5.74) is 5.54. The van der Waals surface area contributed by atoms with Gasteiger partial charge in [0.25, 0.3) is 5.91 Å². The topological polar surface area (TPSA) is 102 Å². The van der Waals surface area contributed by atoms with E-state index in [9.17, 15) is 14.4 Å². The predicted octanol–water partition coefficient (Wildman–Crippen LogP) is 1.03. The van der Waals surface area contributed by atoms with E-state index in [1.807, 2.05) is 6.92 Å². The maximum absolute atomic E-state index is 12.9. The Bertz CT molecular complexity index is 673. The van der Waals surface area contributed by atoms with Crippen molar-refractivity contribution in [2.24, 2.45) is 5.73 Å². The van der Waals surface area contributed by atoms with Crippen molar-refractivity contribution >= 4 is 17.8 Å². The Labute approximate surface area is 134 Å². The summed E-state index contributed by atoms with van der Waals surface area (Å²) in [6, 6.07) is 3.68. The number of urea groups is 1. The number of hydrogen-bond donors (Lipinski definition) is 2. The van der Waals surface area contributed by atoms with E-state index in [1.54, 1.807) is 32.2 Å². The van der Waals surface area contributed by atoms with E-state index >= 15 is 0 Å². The Kier molecular flexibility index (Phi) is 4.31. The fourth-order valence-electron chi connectivity index (χ4n) is 2.86. The van der Waals surface area contributed by atoms with Crippen molar-refractivity contribution in [2.45, 2.75) is 38.8 Å². The average molecular weight is 319 g/mol. The smallest absolute Gasteiger partial charge is 0.326 e. The average Bonchev–Trinajstić information content (AvgIpc) is 2.77. The molecule has 1 aromatic rings. The van der Waals surface area contributed by atoms with Gasteiger partial charge in [0.05, 0.1) is 7.11 Å². The molecule has 7 heteroatoms. The highest BCUT2D eigenvalue weighted by atomic mass is 16.5. The summed E-state index contributed by atoms with van der Waals surface area (Å²) in [6.45, 7) is 5.09. The Balaban J connectivity index is 2.50. The van der Waals surface area contributed by atoms with Crippen molar-refractivity contribution in [3.05, 3.63) is 29.3 Å². The second kappa shape index (κ2) is 5.91. The molecule has 0 aliphatic carbocycles. The van der Waals surface area contributed by atoms with Crippen LogP contribution in [-0.4, -0.2) is 35.9 Å². The molecular weight excluding hydrogens is 298 g/mol. The van der Waals surface area contributed by atoms with Gasteiger partial charge in [0.2, 0.25) is 5.91 Å². The maximum Gasteiger partial charge on any atom is 0.326 e. The lowest BCUT2D eigenvalue weighted by atomic mass is 9.86. The number of carbonyl (C=O) groups is 3. The highest BCUT2D eigenvalue weighted by Crippen LogP contribution is 2.35. The quantitative estimate of drug-likeness (QED) is 0.791. The molecule has 1 aliphatic rings. The number of amides is 4. The van der Waals surface area contributed by atoms with E-state index in [4.69, 9.17) is 10.5 Å². The van der Waals surface area contributed by atoms with Gasteiger partial charge in [-0.1, -0.05) is 13.0 Å². The van der Waals surface area contributed by atoms with Crippen LogP contribution in [0.25, 0.3) is 0 Å². The summed E-state index contributed by atoms with van der Waals surface area (Å²) in [5, 5.41) is 2.72. The van der Waals surface area contributed by atoms with Crippen molar-refractivity contribution in [1.82, 2.24) is 10.2 Å². The van der Waals surface area contributed by atoms with Gasteiger partial charge in [-0.2, -0.15) is 0 Å². The zero-order valence-corrected chi connectivity index (χ0v) is 13.7. The lowest BCUT2D eigenvalue weighted by Gasteiger charge is -2.27. The molecule has 1 aromatic carbocycles. The van der Waals surface area contributed by atoms with E-state index < -0.39 is 29.4 Å². The molecule has 2 unspecified atom stereocenters. The van der Waals surface area contributed by atoms with Crippen LogP contribution in [0.5, 0.6) is 5.75 Å². The SMILES string of the molecule is CCC1(c2ccc(OC)c(C)c2)NC(=O)N(C(C)C(N)=O)C1=O. The number of ether oxygens (including phenoxy) is 1. The van der Waals surface area contributed by atoms with Crippen molar-refractivity contribution < 1.29 is 19.1 Å². The molecular formula is C16H21N3O4. The van der Waals surface area contributed by atoms with Crippen LogP contribution in [0.1, 0.15) is 31.4 Å². The van der Waals surface area contributed by atoms with Crippen LogP contribution in [0.4, 0.5) is 4.79 Å². The van der Waals surface area contributed by atoms with Gasteiger partial charge >= 0.3 is 6.03 Å². The molecule has 1 saturated heterocycles. The molecule has 0 bridgehead atoms. The predicted molar refractivity (Wildman–Crippen MR) is 83.7 cm³/mol. The van der Waals surface area contributed by atoms with Crippen molar-refractivity contribution in [1.29, 1.82) is 0 Å². The number of nitrogens with two attached hydrogens (primary N) is 1. The molecule has 23 heavy (non-hydrogen) atoms. The number of methoxy groups -OCH3 is 1. The van der Waals surface area contributed by atoms with E-state index in [2.05, 4.69) is 5.32 Å². The number of rotatable bonds is 5. The number of imide groups is 1. The second-order valence-corrected chi connectivity index (χ2v) is 5.63. The van der Waals surface area contributed by atoms with Crippen LogP contribution in [-0.2, 0) is 15.1 Å². The molecule has 1 fully saturated rings. The van der Waals surface area contributed by atoms with Crippen molar-refractivity contribution in [3.8, 4) is 5.75 Å². The van der Waals surface area contributed by atoms with Crippen LogP contribution < -0.4 is 15.8 Å². The highest BCUT2D eigenvalue weighted by molar-refractivity contribution is 6.10. The Morgan fingerprint density at radius 2 is 2.09 bits per heavy atom. The number of aryl methyl sites for hydroxylation is 1. The van der Waals surface area contributed by atoms with E-state index in [-0.39, 0.29) is 0 Å². The lowest BCUT2D eigenvalue weighted by molar-refractivity contribution is -0.137. The normalized spacial score (nSPS) is 22.0. The minimum atomic E-state index is -1.20. The fraction of sp³-hybridized carbons (Fsp3) is 0.438. The summed E-state index contributed by atoms with van der Waals surface area (Å²) in [7, 11) is 1.57. The molecule has 0 spiro atoms. The summed E-state index contributed by atoms with van der Waals surface area (Å²) < 4.78 is 5.22. The molecule has 4 amide bonds. The van der Waals surface area contributed by atoms with Gasteiger partial charge in [0, 0.05) is 0 Å². The fourth-order valence-corrected chi connectivity index (χ4v) is 2.86. The van der Waals surface area contributed by atoms with Gasteiger partial charge in [0.1, 0.15) is 17.3 Å². The molecule has 0 radical (unpaired) electrons. The van der Waals surface area contributed by atoms with E-state index in [1.165, 1.54) is 6.92 Å². The molecule has 1 heterocycles. The van der Waals surface area contributed by atoms with Gasteiger partial charge < -0.3 is 15.8 Å². The number of hydrogen-bond acceptors (Lipinski definition) is 4. The minimum absolute atomic E-state index is 0.353. The van der Waals surface area contributed by atoms with Crippen molar-refractivity contribution in [2.75, 3.05) is 7.11 Å². The molecule has 0 saturated carbocycles. The largest absolute Gasteiger partial charge is 0.496 e. The van der Waals surface area contributed by atoms with Gasteiger partial charge in [-0.3, -0.25) is 9.59 Å². The van der Waals surface area contributed by atoms with Crippen LogP contribution in [0.2, 0.25) is 0 Å². The number of primary amides is 1. The van der Waals surface area contributed by atoms with Gasteiger partial charge in [-0.25, -0.2) is 9.69 Å². The molecule has 2 atom stereocenters. The number of nitrogens with zero attached hydrogens (tertiary/aromatic N) is 1. The van der Waals surface area contributed by atoms with Gasteiger partial charge in [-0.15, -0.1) is 0 Å². The third kappa shape index (κ3) is 2.52. The number of benzene rings is 1. The summed E-state index contributed by atoms with van der Waals surface area (Å²) in [6.07, 6.45) is 0.353. The molecule has 124 valence electrons. The molecule has 7 nitrogen and oxygen atoms in total. The Hall–Kier alpha value is -2.57. The number of carbonyl (C=O) groups excluding carboxylic acids is 3. The Morgan fingerprint density at radius 1 is 1.43 bits per heavy atom. The van der Waals surface area contributed by atoms with Crippen LogP contribution in [0.15, 0.2) is 18.2 Å². The molecule has 0 aromatic heterocycles. The summed E-state index contributed by atoms with van der Waals surface area (Å²) in [4.78, 5) is 37.4. The van der Waals surface area contributed by atoms with Crippen LogP contribution in [0, 0.1) is 6.92 Å². The zero-order valence-electron chi connectivity index (χ0n) is 13.7. The standard InChI is InChI=1S/C16H21N3O4/c1-5-16(11-6-7-12(23-4)9(2)8-11)14(21)19(15(22)18-16)10(3)13(17)20/h6-8,10H,5H2,1-4H3,(H2,17,20)(H,18,22). The van der Waals surface area contributed by atoms with E-state index in [0.717, 1.165) is 10.5 Å². The van der Waals surface area contributed by atoms with Gasteiger partial charge in [0.15, 0.2) is 0 Å². The third-order valence-corrected chi connectivity index (χ3v) is 4.34. The number of nitrogens with one attached hydrogen (secondary N) is 1. The maximum atomic E-state index is 12.9. The highest BCUT2D eigenvalue weighted by Gasteiger charge is 2.53. The van der Waals surface area contributed by atoms with Crippen molar-refractivity contribution in [3.63, 3.8) is 0 Å². The molecule has 2 rings (SSSR count). The second-order valence-electron chi connectivity index (χ2n) is 5.63. The first kappa shape index (κ1) is 16.8. The summed E-state index contributed by atoms with van der Waals surface area (Å²) in [5.74, 6) is -0.508. The molecule has 3 N–H and O–H groups in total. The zero-order chi connectivity index (χ0) is 17.4. The molecule has 1 aliphatic heterocycles. The monoisotopic (exact) mass is 319 g/mol. The van der Waals surface area contributed by atoms with E-state index in [0.29, 0.717) is 17.7 Å². The minimum Gasteiger partial charge on any atom is -0.496 e. The lowest BCUT2D eigenvalue weighted by Crippen LogP contribution is -2.48. The third-order valence-electron chi connectivity index (χ3n) is 4.34. The van der Waals surface area contributed by atoms with Gasteiger partial charge in [-0.05, 0) is 43.5 Å².